The molecule has 0 aromatic heterocycles. The van der Waals surface area contributed by atoms with E-state index in [0.29, 0.717) is 5.02 Å². The summed E-state index contributed by atoms with van der Waals surface area (Å²) in [6, 6.07) is 5.70. The molecule has 1 aromatic rings. The smallest absolute Gasteiger partial charge is 0.0453 e. The number of rotatable bonds is 3. The minimum Gasteiger partial charge on any atom is -0.325 e. The van der Waals surface area contributed by atoms with Crippen LogP contribution in [-0.2, 0) is 6.42 Å². The van der Waals surface area contributed by atoms with Gasteiger partial charge in [-0.25, -0.2) is 0 Å². The number of halogens is 2. The third kappa shape index (κ3) is 3.40. The van der Waals surface area contributed by atoms with Crippen LogP contribution in [0.1, 0.15) is 44.6 Å². The number of benzene rings is 1. The van der Waals surface area contributed by atoms with Crippen LogP contribution in [0.25, 0.3) is 0 Å². The Labute approximate surface area is 120 Å². The molecule has 1 fully saturated rings. The zero-order valence-electron chi connectivity index (χ0n) is 10.9. The van der Waals surface area contributed by atoms with Crippen molar-refractivity contribution < 1.29 is 0 Å². The molecule has 18 heavy (non-hydrogen) atoms. The van der Waals surface area contributed by atoms with Gasteiger partial charge in [0.1, 0.15) is 0 Å². The molecular weight excluding hydrogens is 265 g/mol. The van der Waals surface area contributed by atoms with Gasteiger partial charge in [0.05, 0.1) is 0 Å². The third-order valence-corrected chi connectivity index (χ3v) is 4.82. The number of hydrogen-bond acceptors (Lipinski definition) is 1. The van der Waals surface area contributed by atoms with Gasteiger partial charge >= 0.3 is 0 Å². The highest BCUT2D eigenvalue weighted by atomic mass is 35.5. The van der Waals surface area contributed by atoms with Crippen LogP contribution < -0.4 is 5.73 Å². The van der Waals surface area contributed by atoms with Crippen molar-refractivity contribution in [3.63, 3.8) is 0 Å². The fourth-order valence-electron chi connectivity index (χ4n) is 2.88. The van der Waals surface area contributed by atoms with Gasteiger partial charge < -0.3 is 5.73 Å². The highest BCUT2D eigenvalue weighted by Gasteiger charge is 2.31. The quantitative estimate of drug-likeness (QED) is 0.845. The van der Waals surface area contributed by atoms with Gasteiger partial charge in [0.25, 0.3) is 0 Å². The Hall–Kier alpha value is -0.240. The van der Waals surface area contributed by atoms with Crippen molar-refractivity contribution in [1.82, 2.24) is 0 Å². The second kappa shape index (κ2) is 5.81. The lowest BCUT2D eigenvalue weighted by Crippen LogP contribution is -2.45. The van der Waals surface area contributed by atoms with Crippen LogP contribution in [0.5, 0.6) is 0 Å². The minimum absolute atomic E-state index is 0.0802. The number of hydrogen-bond donors (Lipinski definition) is 1. The SMILES string of the molecule is CCC1CCC(N)(Cc2ccc(Cl)cc2Cl)CC1. The van der Waals surface area contributed by atoms with Gasteiger partial charge in [-0.3, -0.25) is 0 Å². The molecule has 1 aromatic carbocycles. The second-order valence-electron chi connectivity index (χ2n) is 5.63. The first-order valence-corrected chi connectivity index (χ1v) is 7.51. The molecule has 1 nitrogen and oxygen atoms in total. The van der Waals surface area contributed by atoms with E-state index in [0.717, 1.165) is 35.8 Å². The van der Waals surface area contributed by atoms with E-state index >= 15 is 0 Å². The third-order valence-electron chi connectivity index (χ3n) is 4.24. The predicted octanol–water partition coefficient (Wildman–Crippen LogP) is 4.83. The molecule has 2 rings (SSSR count). The Morgan fingerprint density at radius 3 is 2.50 bits per heavy atom. The van der Waals surface area contributed by atoms with Crippen LogP contribution in [0.3, 0.4) is 0 Å². The van der Waals surface area contributed by atoms with E-state index in [1.54, 1.807) is 6.07 Å². The Balaban J connectivity index is 2.04. The molecule has 1 aliphatic rings. The van der Waals surface area contributed by atoms with Crippen molar-refractivity contribution in [2.45, 2.75) is 51.0 Å². The van der Waals surface area contributed by atoms with E-state index in [-0.39, 0.29) is 5.54 Å². The van der Waals surface area contributed by atoms with Crippen molar-refractivity contribution in [3.05, 3.63) is 33.8 Å². The van der Waals surface area contributed by atoms with Crippen molar-refractivity contribution in [2.75, 3.05) is 0 Å². The summed E-state index contributed by atoms with van der Waals surface area (Å²) >= 11 is 12.1. The van der Waals surface area contributed by atoms with Gasteiger partial charge in [0.2, 0.25) is 0 Å². The zero-order valence-corrected chi connectivity index (χ0v) is 12.4. The van der Waals surface area contributed by atoms with E-state index in [4.69, 9.17) is 28.9 Å². The maximum atomic E-state index is 6.52. The van der Waals surface area contributed by atoms with Crippen molar-refractivity contribution in [3.8, 4) is 0 Å². The summed E-state index contributed by atoms with van der Waals surface area (Å²) in [6.07, 6.45) is 6.84. The average Bonchev–Trinajstić information content (AvgIpc) is 2.34. The first-order chi connectivity index (χ1) is 8.52. The van der Waals surface area contributed by atoms with Crippen LogP contribution in [0.4, 0.5) is 0 Å². The summed E-state index contributed by atoms with van der Waals surface area (Å²) in [4.78, 5) is 0. The number of nitrogens with two attached hydrogens (primary N) is 1. The van der Waals surface area contributed by atoms with E-state index in [1.165, 1.54) is 19.3 Å². The molecule has 0 spiro atoms. The van der Waals surface area contributed by atoms with Gasteiger partial charge in [-0.15, -0.1) is 0 Å². The maximum absolute atomic E-state index is 6.52. The van der Waals surface area contributed by atoms with Crippen LogP contribution in [-0.4, -0.2) is 5.54 Å². The van der Waals surface area contributed by atoms with Gasteiger partial charge in [-0.1, -0.05) is 42.6 Å². The zero-order chi connectivity index (χ0) is 13.2. The highest BCUT2D eigenvalue weighted by Crippen LogP contribution is 2.35. The van der Waals surface area contributed by atoms with Crippen molar-refractivity contribution in [2.24, 2.45) is 11.7 Å². The Kier molecular flexibility index (Phi) is 4.58. The Morgan fingerprint density at radius 2 is 1.94 bits per heavy atom. The van der Waals surface area contributed by atoms with Crippen LogP contribution in [0.2, 0.25) is 10.0 Å². The molecule has 0 unspecified atom stereocenters. The normalized spacial score (nSPS) is 28.3. The van der Waals surface area contributed by atoms with E-state index in [2.05, 4.69) is 6.92 Å². The predicted molar refractivity (Wildman–Crippen MR) is 79.3 cm³/mol. The lowest BCUT2D eigenvalue weighted by atomic mass is 9.73. The lowest BCUT2D eigenvalue weighted by molar-refractivity contribution is 0.228. The molecule has 1 saturated carbocycles. The van der Waals surface area contributed by atoms with Crippen molar-refractivity contribution in [1.29, 1.82) is 0 Å². The van der Waals surface area contributed by atoms with Gasteiger partial charge in [-0.2, -0.15) is 0 Å². The molecule has 0 radical (unpaired) electrons. The lowest BCUT2D eigenvalue weighted by Gasteiger charge is -2.37. The molecule has 2 N–H and O–H groups in total. The summed E-state index contributed by atoms with van der Waals surface area (Å²) in [6.45, 7) is 2.27. The standard InChI is InChI=1S/C15H21Cl2N/c1-2-11-5-7-15(18,8-6-11)10-12-3-4-13(16)9-14(12)17/h3-4,9,11H,2,5-8,10,18H2,1H3. The first kappa shape index (κ1) is 14.2. The minimum atomic E-state index is -0.0802. The van der Waals surface area contributed by atoms with Crippen molar-refractivity contribution >= 4 is 23.2 Å². The molecular formula is C15H21Cl2N. The topological polar surface area (TPSA) is 26.0 Å². The maximum Gasteiger partial charge on any atom is 0.0453 e. The van der Waals surface area contributed by atoms with E-state index < -0.39 is 0 Å². The molecule has 3 heteroatoms. The fraction of sp³-hybridized carbons (Fsp3) is 0.600. The van der Waals surface area contributed by atoms with Crippen LogP contribution in [0.15, 0.2) is 18.2 Å². The molecule has 0 aliphatic heterocycles. The summed E-state index contributed by atoms with van der Waals surface area (Å²) in [5, 5.41) is 1.43. The van der Waals surface area contributed by atoms with Gasteiger partial charge in [0.15, 0.2) is 0 Å². The largest absolute Gasteiger partial charge is 0.325 e. The van der Waals surface area contributed by atoms with E-state index in [9.17, 15) is 0 Å². The molecule has 0 saturated heterocycles. The highest BCUT2D eigenvalue weighted by molar-refractivity contribution is 6.35. The van der Waals surface area contributed by atoms with E-state index in [1.807, 2.05) is 12.1 Å². The molecule has 0 atom stereocenters. The average molecular weight is 286 g/mol. The summed E-state index contributed by atoms with van der Waals surface area (Å²) in [7, 11) is 0. The summed E-state index contributed by atoms with van der Waals surface area (Å²) in [5.74, 6) is 0.863. The van der Waals surface area contributed by atoms with Gasteiger partial charge in [0, 0.05) is 15.6 Å². The van der Waals surface area contributed by atoms with Crippen LogP contribution in [0, 0.1) is 5.92 Å². The first-order valence-electron chi connectivity index (χ1n) is 6.75. The summed E-state index contributed by atoms with van der Waals surface area (Å²) < 4.78 is 0. The van der Waals surface area contributed by atoms with Crippen LogP contribution >= 0.6 is 23.2 Å². The second-order valence-corrected chi connectivity index (χ2v) is 6.47. The molecule has 100 valence electrons. The Bertz CT molecular complexity index is 409. The molecule has 1 aliphatic carbocycles. The molecule has 0 heterocycles. The molecule has 0 bridgehead atoms. The van der Waals surface area contributed by atoms with Gasteiger partial charge in [-0.05, 0) is 55.7 Å². The monoisotopic (exact) mass is 285 g/mol. The summed E-state index contributed by atoms with van der Waals surface area (Å²) in [5.41, 5.74) is 7.57. The Morgan fingerprint density at radius 1 is 1.28 bits per heavy atom. The fourth-order valence-corrected chi connectivity index (χ4v) is 3.36. The molecule has 0 amide bonds.